The first-order valence-corrected chi connectivity index (χ1v) is 5.96. The smallest absolute Gasteiger partial charge is 0.354 e. The molecule has 1 aromatic heterocycles. The van der Waals surface area contributed by atoms with Gasteiger partial charge in [0, 0.05) is 19.6 Å². The van der Waals surface area contributed by atoms with Gasteiger partial charge < -0.3 is 10.2 Å². The van der Waals surface area contributed by atoms with Gasteiger partial charge in [-0.2, -0.15) is 18.4 Å². The summed E-state index contributed by atoms with van der Waals surface area (Å²) in [5.74, 6) is 0.126. The molecule has 0 amide bonds. The molecule has 2 heterocycles. The molecule has 1 saturated heterocycles. The summed E-state index contributed by atoms with van der Waals surface area (Å²) in [5, 5.41) is 12.2. The first kappa shape index (κ1) is 13.6. The van der Waals surface area contributed by atoms with Crippen LogP contribution >= 0.6 is 0 Å². The molecule has 2 rings (SSSR count). The summed E-state index contributed by atoms with van der Waals surface area (Å²) in [4.78, 5) is 5.36. The van der Waals surface area contributed by atoms with Gasteiger partial charge in [-0.25, -0.2) is 4.98 Å². The van der Waals surface area contributed by atoms with E-state index in [2.05, 4.69) is 10.3 Å². The van der Waals surface area contributed by atoms with Crippen LogP contribution in [-0.2, 0) is 6.18 Å². The van der Waals surface area contributed by atoms with E-state index in [-0.39, 0.29) is 11.4 Å². The molecule has 0 atom stereocenters. The Hall–Kier alpha value is -1.81. The molecule has 0 aromatic carbocycles. The standard InChI is InChI=1S/C12H13F3N4/c13-12(14,15)10-3-2-9(8-16)11(18-10)19-6-1-4-17-5-7-19/h2-3,17H,1,4-7H2. The fraction of sp³-hybridized carbons (Fsp3) is 0.500. The summed E-state index contributed by atoms with van der Waals surface area (Å²) in [7, 11) is 0. The molecular weight excluding hydrogens is 257 g/mol. The summed E-state index contributed by atoms with van der Waals surface area (Å²) in [6.45, 7) is 2.62. The SMILES string of the molecule is N#Cc1ccc(C(F)(F)F)nc1N1CCCNCC1. The lowest BCUT2D eigenvalue weighted by molar-refractivity contribution is -0.141. The number of alkyl halides is 3. The Balaban J connectivity index is 2.38. The molecule has 7 heteroatoms. The number of hydrogen-bond acceptors (Lipinski definition) is 4. The van der Waals surface area contributed by atoms with Crippen LogP contribution in [0.25, 0.3) is 0 Å². The average Bonchev–Trinajstić information content (AvgIpc) is 2.65. The fourth-order valence-electron chi connectivity index (χ4n) is 1.99. The second-order valence-corrected chi connectivity index (χ2v) is 4.27. The van der Waals surface area contributed by atoms with E-state index in [9.17, 15) is 13.2 Å². The summed E-state index contributed by atoms with van der Waals surface area (Å²) in [6.07, 6.45) is -3.68. The predicted molar refractivity (Wildman–Crippen MR) is 63.7 cm³/mol. The second-order valence-electron chi connectivity index (χ2n) is 4.27. The van der Waals surface area contributed by atoms with E-state index < -0.39 is 11.9 Å². The zero-order chi connectivity index (χ0) is 13.9. The zero-order valence-electron chi connectivity index (χ0n) is 10.2. The molecule has 0 bridgehead atoms. The van der Waals surface area contributed by atoms with E-state index in [0.717, 1.165) is 19.0 Å². The van der Waals surface area contributed by atoms with Crippen molar-refractivity contribution in [2.75, 3.05) is 31.1 Å². The lowest BCUT2D eigenvalue weighted by Gasteiger charge is -2.23. The maximum atomic E-state index is 12.7. The van der Waals surface area contributed by atoms with Gasteiger partial charge in [0.1, 0.15) is 17.6 Å². The Labute approximate surface area is 108 Å². The Morgan fingerprint density at radius 3 is 2.74 bits per heavy atom. The Morgan fingerprint density at radius 2 is 2.05 bits per heavy atom. The van der Waals surface area contributed by atoms with Crippen molar-refractivity contribution in [3.63, 3.8) is 0 Å². The normalized spacial score (nSPS) is 16.8. The first-order valence-electron chi connectivity index (χ1n) is 5.96. The lowest BCUT2D eigenvalue weighted by Crippen LogP contribution is -2.30. The minimum Gasteiger partial charge on any atom is -0.354 e. The van der Waals surface area contributed by atoms with Crippen LogP contribution < -0.4 is 10.2 Å². The van der Waals surface area contributed by atoms with Crippen LogP contribution in [0.5, 0.6) is 0 Å². The highest BCUT2D eigenvalue weighted by Gasteiger charge is 2.33. The Kier molecular flexibility index (Phi) is 3.90. The summed E-state index contributed by atoms with van der Waals surface area (Å²) in [6, 6.07) is 3.93. The van der Waals surface area contributed by atoms with Gasteiger partial charge in [0.05, 0.1) is 5.56 Å². The third kappa shape index (κ3) is 3.15. The topological polar surface area (TPSA) is 52.0 Å². The summed E-state index contributed by atoms with van der Waals surface area (Å²) < 4.78 is 38.0. The number of nitrogens with zero attached hydrogens (tertiary/aromatic N) is 3. The molecule has 0 aliphatic carbocycles. The van der Waals surface area contributed by atoms with Crippen molar-refractivity contribution in [1.29, 1.82) is 5.26 Å². The third-order valence-electron chi connectivity index (χ3n) is 2.93. The van der Waals surface area contributed by atoms with Crippen LogP contribution in [0.1, 0.15) is 17.7 Å². The van der Waals surface area contributed by atoms with Crippen LogP contribution in [0.3, 0.4) is 0 Å². The van der Waals surface area contributed by atoms with Gasteiger partial charge in [0.25, 0.3) is 0 Å². The Bertz CT molecular complexity index is 485. The van der Waals surface area contributed by atoms with Crippen molar-refractivity contribution >= 4 is 5.82 Å². The molecule has 1 fully saturated rings. The fourth-order valence-corrected chi connectivity index (χ4v) is 1.99. The number of nitriles is 1. The number of nitrogens with one attached hydrogen (secondary N) is 1. The van der Waals surface area contributed by atoms with Crippen molar-refractivity contribution in [1.82, 2.24) is 10.3 Å². The van der Waals surface area contributed by atoms with Crippen LogP contribution in [0.4, 0.5) is 19.0 Å². The molecule has 1 aromatic rings. The minimum absolute atomic E-state index is 0.126. The number of halogens is 3. The van der Waals surface area contributed by atoms with E-state index >= 15 is 0 Å². The number of anilines is 1. The highest BCUT2D eigenvalue weighted by molar-refractivity contribution is 5.54. The van der Waals surface area contributed by atoms with Crippen molar-refractivity contribution < 1.29 is 13.2 Å². The van der Waals surface area contributed by atoms with Gasteiger partial charge in [-0.05, 0) is 25.1 Å². The van der Waals surface area contributed by atoms with Gasteiger partial charge in [-0.3, -0.25) is 0 Å². The first-order chi connectivity index (χ1) is 9.02. The molecular formula is C12H13F3N4. The van der Waals surface area contributed by atoms with Crippen molar-refractivity contribution in [2.45, 2.75) is 12.6 Å². The van der Waals surface area contributed by atoms with Crippen LogP contribution in [-0.4, -0.2) is 31.2 Å². The summed E-state index contributed by atoms with van der Waals surface area (Å²) >= 11 is 0. The van der Waals surface area contributed by atoms with E-state index in [0.29, 0.717) is 19.6 Å². The molecule has 4 nitrogen and oxygen atoms in total. The Morgan fingerprint density at radius 1 is 1.26 bits per heavy atom. The molecule has 0 saturated carbocycles. The quantitative estimate of drug-likeness (QED) is 0.845. The molecule has 102 valence electrons. The maximum Gasteiger partial charge on any atom is 0.433 e. The van der Waals surface area contributed by atoms with E-state index in [1.807, 2.05) is 6.07 Å². The number of rotatable bonds is 1. The third-order valence-corrected chi connectivity index (χ3v) is 2.93. The zero-order valence-corrected chi connectivity index (χ0v) is 10.2. The van der Waals surface area contributed by atoms with E-state index in [1.165, 1.54) is 6.07 Å². The average molecular weight is 270 g/mol. The van der Waals surface area contributed by atoms with Gasteiger partial charge in [-0.15, -0.1) is 0 Å². The van der Waals surface area contributed by atoms with E-state index in [4.69, 9.17) is 5.26 Å². The predicted octanol–water partition coefficient (Wildman–Crippen LogP) is 1.77. The number of aromatic nitrogens is 1. The van der Waals surface area contributed by atoms with Crippen LogP contribution in [0, 0.1) is 11.3 Å². The van der Waals surface area contributed by atoms with E-state index in [1.54, 1.807) is 4.90 Å². The molecule has 1 aliphatic rings. The minimum atomic E-state index is -4.49. The number of hydrogen-bond donors (Lipinski definition) is 1. The van der Waals surface area contributed by atoms with Gasteiger partial charge in [0.2, 0.25) is 0 Å². The van der Waals surface area contributed by atoms with Gasteiger partial charge in [-0.1, -0.05) is 0 Å². The monoisotopic (exact) mass is 270 g/mol. The van der Waals surface area contributed by atoms with Crippen molar-refractivity contribution in [2.24, 2.45) is 0 Å². The molecule has 0 unspecified atom stereocenters. The molecule has 1 aliphatic heterocycles. The van der Waals surface area contributed by atoms with Gasteiger partial charge >= 0.3 is 6.18 Å². The highest BCUT2D eigenvalue weighted by Crippen LogP contribution is 2.30. The molecule has 19 heavy (non-hydrogen) atoms. The molecule has 0 spiro atoms. The van der Waals surface area contributed by atoms with Crippen LogP contribution in [0.2, 0.25) is 0 Å². The van der Waals surface area contributed by atoms with Crippen molar-refractivity contribution in [3.05, 3.63) is 23.4 Å². The van der Waals surface area contributed by atoms with Crippen molar-refractivity contribution in [3.8, 4) is 6.07 Å². The highest BCUT2D eigenvalue weighted by atomic mass is 19.4. The second kappa shape index (κ2) is 5.45. The maximum absolute atomic E-state index is 12.7. The number of pyridine rings is 1. The molecule has 0 radical (unpaired) electrons. The van der Waals surface area contributed by atoms with Gasteiger partial charge in [0.15, 0.2) is 0 Å². The summed E-state index contributed by atoms with van der Waals surface area (Å²) in [5.41, 5.74) is -0.784. The molecule has 1 N–H and O–H groups in total. The lowest BCUT2D eigenvalue weighted by atomic mass is 10.2. The largest absolute Gasteiger partial charge is 0.433 e. The van der Waals surface area contributed by atoms with Crippen LogP contribution in [0.15, 0.2) is 12.1 Å².